The highest BCUT2D eigenvalue weighted by Gasteiger charge is 2.24. The van der Waals surface area contributed by atoms with Crippen molar-refractivity contribution in [2.75, 3.05) is 47.1 Å². The van der Waals surface area contributed by atoms with E-state index in [4.69, 9.17) is 19.9 Å². The van der Waals surface area contributed by atoms with Crippen molar-refractivity contribution < 1.29 is 24.1 Å². The van der Waals surface area contributed by atoms with Crippen LogP contribution < -0.4 is 20.5 Å². The van der Waals surface area contributed by atoms with Gasteiger partial charge in [0.25, 0.3) is 0 Å². The summed E-state index contributed by atoms with van der Waals surface area (Å²) in [5, 5.41) is 13.3. The molecule has 8 nitrogen and oxygen atoms in total. The molecule has 0 fully saturated rings. The monoisotopic (exact) mass is 503 g/mol. The van der Waals surface area contributed by atoms with Crippen LogP contribution in [-0.4, -0.2) is 75.3 Å². The zero-order valence-electron chi connectivity index (χ0n) is 21.7. The lowest BCUT2D eigenvalue weighted by molar-refractivity contribution is 0.122. The number of carbonyl (C=O) groups is 1. The third kappa shape index (κ3) is 11.1. The van der Waals surface area contributed by atoms with Crippen molar-refractivity contribution in [3.05, 3.63) is 23.8 Å². The largest absolute Gasteiger partial charge is 0.493 e. The van der Waals surface area contributed by atoms with Gasteiger partial charge in [-0.05, 0) is 56.2 Å². The molecular weight excluding hydrogens is 458 g/mol. The summed E-state index contributed by atoms with van der Waals surface area (Å²) in [7, 11) is 3.31. The van der Waals surface area contributed by atoms with E-state index in [-0.39, 0.29) is 30.9 Å². The van der Waals surface area contributed by atoms with E-state index in [9.17, 15) is 9.90 Å². The third-order valence-corrected chi connectivity index (χ3v) is 6.00. The molecule has 0 radical (unpaired) electrons. The molecule has 198 valence electrons. The molecule has 0 aliphatic heterocycles. The Morgan fingerprint density at radius 1 is 1.15 bits per heavy atom. The molecule has 0 aliphatic carbocycles. The van der Waals surface area contributed by atoms with Crippen LogP contribution >= 0.6 is 12.4 Å². The molecule has 0 spiro atoms. The first kappa shape index (κ1) is 32.3. The number of hydrogen-bond acceptors (Lipinski definition) is 6. The van der Waals surface area contributed by atoms with Gasteiger partial charge in [0.1, 0.15) is 0 Å². The van der Waals surface area contributed by atoms with Gasteiger partial charge in [0, 0.05) is 45.8 Å². The van der Waals surface area contributed by atoms with Gasteiger partial charge in [0.15, 0.2) is 11.5 Å². The maximum Gasteiger partial charge on any atom is 0.317 e. The number of methoxy groups -OCH3 is 2. The summed E-state index contributed by atoms with van der Waals surface area (Å²) in [4.78, 5) is 13.8. The van der Waals surface area contributed by atoms with Crippen LogP contribution in [0.4, 0.5) is 4.79 Å². The first-order chi connectivity index (χ1) is 15.8. The Balaban J connectivity index is 0.0000109. The highest BCUT2D eigenvalue weighted by atomic mass is 35.5. The number of hydrogen-bond donors (Lipinski definition) is 3. The molecule has 34 heavy (non-hydrogen) atoms. The number of rotatable bonds is 16. The second kappa shape index (κ2) is 17.7. The molecule has 0 aromatic heterocycles. The average molecular weight is 504 g/mol. The van der Waals surface area contributed by atoms with E-state index in [0.717, 1.165) is 24.2 Å². The van der Waals surface area contributed by atoms with Crippen molar-refractivity contribution in [2.45, 2.75) is 59.1 Å². The molecule has 1 aromatic rings. The average Bonchev–Trinajstić information content (AvgIpc) is 2.80. The molecule has 1 aromatic carbocycles. The van der Waals surface area contributed by atoms with Gasteiger partial charge in [0.05, 0.1) is 19.8 Å². The number of nitrogens with one attached hydrogen (secondary N) is 1. The Bertz CT molecular complexity index is 689. The Kier molecular flexibility index (Phi) is 16.8. The molecule has 0 bridgehead atoms. The summed E-state index contributed by atoms with van der Waals surface area (Å²) in [5.74, 6) is 2.06. The van der Waals surface area contributed by atoms with E-state index >= 15 is 0 Å². The Labute approximate surface area is 211 Å². The van der Waals surface area contributed by atoms with Gasteiger partial charge in [0.2, 0.25) is 0 Å². The first-order valence-corrected chi connectivity index (χ1v) is 12.0. The van der Waals surface area contributed by atoms with E-state index in [1.54, 1.807) is 19.1 Å². The number of halogens is 1. The zero-order valence-corrected chi connectivity index (χ0v) is 22.5. The van der Waals surface area contributed by atoms with Crippen LogP contribution in [0.2, 0.25) is 0 Å². The number of benzene rings is 1. The molecule has 3 unspecified atom stereocenters. The van der Waals surface area contributed by atoms with E-state index < -0.39 is 12.1 Å². The molecular formula is C25H46ClN3O5. The van der Waals surface area contributed by atoms with Crippen LogP contribution in [-0.2, 0) is 11.2 Å². The van der Waals surface area contributed by atoms with Crippen LogP contribution in [0.3, 0.4) is 0 Å². The number of amides is 2. The van der Waals surface area contributed by atoms with Gasteiger partial charge in [-0.25, -0.2) is 4.79 Å². The fourth-order valence-corrected chi connectivity index (χ4v) is 3.71. The van der Waals surface area contributed by atoms with Crippen molar-refractivity contribution in [1.82, 2.24) is 10.2 Å². The van der Waals surface area contributed by atoms with E-state index in [2.05, 4.69) is 19.2 Å². The topological polar surface area (TPSA) is 106 Å². The Hall–Kier alpha value is -1.74. The normalized spacial score (nSPS) is 13.6. The maximum absolute atomic E-state index is 12.1. The summed E-state index contributed by atoms with van der Waals surface area (Å²) in [5.41, 5.74) is 7.47. The second-order valence-corrected chi connectivity index (χ2v) is 8.71. The molecule has 4 N–H and O–H groups in total. The number of nitrogens with zero attached hydrogens (tertiary/aromatic N) is 1. The fourth-order valence-electron chi connectivity index (χ4n) is 3.71. The minimum Gasteiger partial charge on any atom is -0.493 e. The molecule has 2 amide bonds. The summed E-state index contributed by atoms with van der Waals surface area (Å²) in [6, 6.07) is 5.38. The summed E-state index contributed by atoms with van der Waals surface area (Å²) >= 11 is 0. The highest BCUT2D eigenvalue weighted by molar-refractivity contribution is 5.85. The van der Waals surface area contributed by atoms with Crippen LogP contribution in [0.25, 0.3) is 0 Å². The first-order valence-electron chi connectivity index (χ1n) is 12.0. The minimum atomic E-state index is -0.804. The smallest absolute Gasteiger partial charge is 0.317 e. The van der Waals surface area contributed by atoms with E-state index in [1.165, 1.54) is 0 Å². The standard InChI is InChI=1S/C25H45N3O5.ClH/c1-7-28(8-2)25(30)27-17-22(29)21(26)16-20(18(3)4)14-19-10-11-23(32-6)24(15-19)33-13-9-12-31-5;/h10-11,15,18,20-22,29H,7-9,12-14,16-17,26H2,1-6H3,(H,27,30);1H. The van der Waals surface area contributed by atoms with Crippen LogP contribution in [0.15, 0.2) is 18.2 Å². The molecule has 0 saturated heterocycles. The van der Waals surface area contributed by atoms with Gasteiger partial charge in [-0.2, -0.15) is 0 Å². The van der Waals surface area contributed by atoms with Gasteiger partial charge in [-0.1, -0.05) is 19.9 Å². The molecule has 0 heterocycles. The Morgan fingerprint density at radius 3 is 2.38 bits per heavy atom. The van der Waals surface area contributed by atoms with Crippen LogP contribution in [0.5, 0.6) is 11.5 Å². The third-order valence-electron chi connectivity index (χ3n) is 6.00. The maximum atomic E-state index is 12.1. The molecule has 9 heteroatoms. The SMILES string of the molecule is CCN(CC)C(=O)NCC(O)C(N)CC(Cc1ccc(OC)c(OCCCOC)c1)C(C)C.Cl. The minimum absolute atomic E-state index is 0. The lowest BCUT2D eigenvalue weighted by Gasteiger charge is -2.28. The van der Waals surface area contributed by atoms with Crippen molar-refractivity contribution in [1.29, 1.82) is 0 Å². The van der Waals surface area contributed by atoms with Crippen molar-refractivity contribution in [3.8, 4) is 11.5 Å². The van der Waals surface area contributed by atoms with Crippen molar-refractivity contribution in [3.63, 3.8) is 0 Å². The van der Waals surface area contributed by atoms with Gasteiger partial charge in [-0.3, -0.25) is 0 Å². The van der Waals surface area contributed by atoms with E-state index in [1.807, 2.05) is 32.0 Å². The predicted octanol–water partition coefficient (Wildman–Crippen LogP) is 3.48. The van der Waals surface area contributed by atoms with E-state index in [0.29, 0.717) is 44.4 Å². The fraction of sp³-hybridized carbons (Fsp3) is 0.720. The van der Waals surface area contributed by atoms with Gasteiger partial charge >= 0.3 is 6.03 Å². The van der Waals surface area contributed by atoms with Crippen LogP contribution in [0, 0.1) is 11.8 Å². The Morgan fingerprint density at radius 2 is 1.82 bits per heavy atom. The zero-order chi connectivity index (χ0) is 24.8. The highest BCUT2D eigenvalue weighted by Crippen LogP contribution is 2.31. The summed E-state index contributed by atoms with van der Waals surface area (Å²) in [6.07, 6.45) is 1.45. The second-order valence-electron chi connectivity index (χ2n) is 8.71. The summed E-state index contributed by atoms with van der Waals surface area (Å²) in [6.45, 7) is 10.8. The number of nitrogens with two attached hydrogens (primary N) is 1. The van der Waals surface area contributed by atoms with Crippen molar-refractivity contribution in [2.24, 2.45) is 17.6 Å². The molecule has 3 atom stereocenters. The number of carbonyl (C=O) groups excluding carboxylic acids is 1. The summed E-state index contributed by atoms with van der Waals surface area (Å²) < 4.78 is 16.4. The van der Waals surface area contributed by atoms with Gasteiger partial charge in [-0.15, -0.1) is 12.4 Å². The molecule has 1 rings (SSSR count). The number of ether oxygens (including phenoxy) is 3. The van der Waals surface area contributed by atoms with Crippen LogP contribution in [0.1, 0.15) is 46.1 Å². The quantitative estimate of drug-likeness (QED) is 0.298. The van der Waals surface area contributed by atoms with Crippen molar-refractivity contribution >= 4 is 18.4 Å². The predicted molar refractivity (Wildman–Crippen MR) is 139 cm³/mol. The lowest BCUT2D eigenvalue weighted by atomic mass is 9.83. The lowest BCUT2D eigenvalue weighted by Crippen LogP contribution is -2.48. The number of aliphatic hydroxyl groups excluding tert-OH is 1. The number of aliphatic hydroxyl groups is 1. The molecule has 0 saturated carbocycles. The number of urea groups is 1. The van der Waals surface area contributed by atoms with Gasteiger partial charge < -0.3 is 35.3 Å². The molecule has 0 aliphatic rings.